The second-order valence-electron chi connectivity index (χ2n) is 5.40. The predicted octanol–water partition coefficient (Wildman–Crippen LogP) is 4.67. The number of benzene rings is 2. The third-order valence-corrected chi connectivity index (χ3v) is 4.48. The maximum Gasteiger partial charge on any atom is 0.335 e. The Labute approximate surface area is 143 Å². The number of rotatable bonds is 4. The van der Waals surface area contributed by atoms with Crippen molar-refractivity contribution in [3.63, 3.8) is 0 Å². The van der Waals surface area contributed by atoms with Crippen molar-refractivity contribution < 1.29 is 14.7 Å². The molecule has 120 valence electrons. The SMILES string of the molecule is Cc1ccc(C(=O)Nc2cc(C(=O)O)cc(-c3cccs3)c2)cc1. The molecule has 4 nitrogen and oxygen atoms in total. The molecule has 24 heavy (non-hydrogen) atoms. The number of amides is 1. The first-order chi connectivity index (χ1) is 11.5. The summed E-state index contributed by atoms with van der Waals surface area (Å²) in [5.74, 6) is -1.30. The molecule has 0 unspecified atom stereocenters. The van der Waals surface area contributed by atoms with Crippen molar-refractivity contribution in [1.29, 1.82) is 0 Å². The van der Waals surface area contributed by atoms with Crippen molar-refractivity contribution in [3.05, 3.63) is 76.7 Å². The molecule has 0 atom stereocenters. The number of hydrogen-bond donors (Lipinski definition) is 2. The average molecular weight is 337 g/mol. The topological polar surface area (TPSA) is 66.4 Å². The van der Waals surface area contributed by atoms with Gasteiger partial charge < -0.3 is 10.4 Å². The van der Waals surface area contributed by atoms with Crippen LogP contribution in [0.3, 0.4) is 0 Å². The van der Waals surface area contributed by atoms with Gasteiger partial charge >= 0.3 is 5.97 Å². The first kappa shape index (κ1) is 16.0. The Morgan fingerprint density at radius 2 is 1.75 bits per heavy atom. The van der Waals surface area contributed by atoms with Crippen LogP contribution in [0.5, 0.6) is 0 Å². The molecule has 0 aliphatic carbocycles. The Morgan fingerprint density at radius 3 is 2.38 bits per heavy atom. The van der Waals surface area contributed by atoms with Gasteiger partial charge in [0.05, 0.1) is 5.56 Å². The number of aryl methyl sites for hydroxylation is 1. The largest absolute Gasteiger partial charge is 0.478 e. The van der Waals surface area contributed by atoms with Crippen LogP contribution in [0.25, 0.3) is 10.4 Å². The summed E-state index contributed by atoms with van der Waals surface area (Å²) >= 11 is 1.52. The molecule has 1 heterocycles. The molecule has 0 spiro atoms. The number of carboxylic acid groups (broad SMARTS) is 1. The molecule has 3 rings (SSSR count). The Kier molecular flexibility index (Phi) is 4.44. The van der Waals surface area contributed by atoms with Crippen LogP contribution < -0.4 is 5.32 Å². The number of thiophene rings is 1. The zero-order valence-corrected chi connectivity index (χ0v) is 13.8. The fourth-order valence-corrected chi connectivity index (χ4v) is 3.03. The molecular formula is C19H15NO3S. The minimum absolute atomic E-state index is 0.139. The summed E-state index contributed by atoms with van der Waals surface area (Å²) < 4.78 is 0. The van der Waals surface area contributed by atoms with E-state index in [-0.39, 0.29) is 11.5 Å². The van der Waals surface area contributed by atoms with E-state index in [2.05, 4.69) is 5.32 Å². The zero-order chi connectivity index (χ0) is 17.1. The van der Waals surface area contributed by atoms with Crippen molar-refractivity contribution in [2.75, 3.05) is 5.32 Å². The van der Waals surface area contributed by atoms with Crippen LogP contribution in [-0.4, -0.2) is 17.0 Å². The molecule has 0 saturated carbocycles. The lowest BCUT2D eigenvalue weighted by Crippen LogP contribution is -2.12. The molecule has 0 radical (unpaired) electrons. The van der Waals surface area contributed by atoms with Gasteiger partial charge in [-0.2, -0.15) is 0 Å². The Morgan fingerprint density at radius 1 is 1.00 bits per heavy atom. The highest BCUT2D eigenvalue weighted by atomic mass is 32.1. The summed E-state index contributed by atoms with van der Waals surface area (Å²) in [5, 5.41) is 14.0. The first-order valence-electron chi connectivity index (χ1n) is 7.33. The lowest BCUT2D eigenvalue weighted by atomic mass is 10.1. The van der Waals surface area contributed by atoms with Gasteiger partial charge in [0.15, 0.2) is 0 Å². The van der Waals surface area contributed by atoms with E-state index in [0.29, 0.717) is 11.3 Å². The number of nitrogens with one attached hydrogen (secondary N) is 1. The van der Waals surface area contributed by atoms with Gasteiger partial charge in [-0.05, 0) is 54.3 Å². The molecule has 2 N–H and O–H groups in total. The number of carboxylic acids is 1. The fraction of sp³-hybridized carbons (Fsp3) is 0.0526. The molecule has 0 saturated heterocycles. The lowest BCUT2D eigenvalue weighted by molar-refractivity contribution is 0.0696. The van der Waals surface area contributed by atoms with Crippen LogP contribution in [0.15, 0.2) is 60.0 Å². The number of anilines is 1. The molecule has 0 aliphatic heterocycles. The monoisotopic (exact) mass is 337 g/mol. The first-order valence-corrected chi connectivity index (χ1v) is 8.21. The molecular weight excluding hydrogens is 322 g/mol. The van der Waals surface area contributed by atoms with E-state index in [4.69, 9.17) is 0 Å². The van der Waals surface area contributed by atoms with Gasteiger partial charge in [-0.3, -0.25) is 4.79 Å². The maximum absolute atomic E-state index is 12.3. The van der Waals surface area contributed by atoms with E-state index < -0.39 is 5.97 Å². The molecule has 5 heteroatoms. The van der Waals surface area contributed by atoms with E-state index >= 15 is 0 Å². The summed E-state index contributed by atoms with van der Waals surface area (Å²) in [6.07, 6.45) is 0. The zero-order valence-electron chi connectivity index (χ0n) is 12.9. The van der Waals surface area contributed by atoms with Gasteiger partial charge in [0, 0.05) is 16.1 Å². The summed E-state index contributed by atoms with van der Waals surface area (Å²) in [5.41, 5.74) is 2.96. The van der Waals surface area contributed by atoms with Crippen molar-refractivity contribution >= 4 is 28.9 Å². The highest BCUT2D eigenvalue weighted by Crippen LogP contribution is 2.29. The molecule has 0 aliphatic rings. The summed E-state index contributed by atoms with van der Waals surface area (Å²) in [6, 6.07) is 15.9. The van der Waals surface area contributed by atoms with Crippen molar-refractivity contribution in [2.45, 2.75) is 6.92 Å². The minimum atomic E-state index is -1.03. The lowest BCUT2D eigenvalue weighted by Gasteiger charge is -2.09. The van der Waals surface area contributed by atoms with Gasteiger partial charge in [-0.15, -0.1) is 11.3 Å². The van der Waals surface area contributed by atoms with Crippen LogP contribution in [0.4, 0.5) is 5.69 Å². The van der Waals surface area contributed by atoms with E-state index in [1.807, 2.05) is 36.6 Å². The second kappa shape index (κ2) is 6.68. The number of carbonyl (C=O) groups excluding carboxylic acids is 1. The smallest absolute Gasteiger partial charge is 0.335 e. The highest BCUT2D eigenvalue weighted by Gasteiger charge is 2.12. The van der Waals surface area contributed by atoms with Crippen LogP contribution in [0, 0.1) is 6.92 Å². The Bertz CT molecular complexity index is 883. The van der Waals surface area contributed by atoms with Gasteiger partial charge in [-0.1, -0.05) is 23.8 Å². The Balaban J connectivity index is 1.93. The summed E-state index contributed by atoms with van der Waals surface area (Å²) in [7, 11) is 0. The van der Waals surface area contributed by atoms with E-state index in [0.717, 1.165) is 16.0 Å². The second-order valence-corrected chi connectivity index (χ2v) is 6.35. The fourth-order valence-electron chi connectivity index (χ4n) is 2.32. The van der Waals surface area contributed by atoms with E-state index in [9.17, 15) is 14.7 Å². The predicted molar refractivity (Wildman–Crippen MR) is 95.8 cm³/mol. The third-order valence-electron chi connectivity index (χ3n) is 3.56. The van der Waals surface area contributed by atoms with Crippen molar-refractivity contribution in [3.8, 4) is 10.4 Å². The standard InChI is InChI=1S/C19H15NO3S/c1-12-4-6-13(7-5-12)18(21)20-16-10-14(17-3-2-8-24-17)9-15(11-16)19(22)23/h2-11H,1H3,(H,20,21)(H,22,23). The quantitative estimate of drug-likeness (QED) is 0.727. The van der Waals surface area contributed by atoms with Gasteiger partial charge in [0.1, 0.15) is 0 Å². The molecule has 1 aromatic heterocycles. The molecule has 0 fully saturated rings. The third kappa shape index (κ3) is 3.52. The molecule has 2 aromatic carbocycles. The number of hydrogen-bond acceptors (Lipinski definition) is 3. The van der Waals surface area contributed by atoms with E-state index in [1.54, 1.807) is 24.3 Å². The van der Waals surface area contributed by atoms with Crippen LogP contribution in [-0.2, 0) is 0 Å². The number of carbonyl (C=O) groups is 2. The molecule has 1 amide bonds. The van der Waals surface area contributed by atoms with Crippen molar-refractivity contribution in [1.82, 2.24) is 0 Å². The highest BCUT2D eigenvalue weighted by molar-refractivity contribution is 7.13. The number of aromatic carboxylic acids is 1. The van der Waals surface area contributed by atoms with Crippen LogP contribution >= 0.6 is 11.3 Å². The summed E-state index contributed by atoms with van der Waals surface area (Å²) in [6.45, 7) is 1.95. The van der Waals surface area contributed by atoms with Crippen LogP contribution in [0.1, 0.15) is 26.3 Å². The average Bonchev–Trinajstić information content (AvgIpc) is 3.09. The van der Waals surface area contributed by atoms with Crippen molar-refractivity contribution in [2.24, 2.45) is 0 Å². The van der Waals surface area contributed by atoms with E-state index in [1.165, 1.54) is 17.4 Å². The summed E-state index contributed by atoms with van der Waals surface area (Å²) in [4.78, 5) is 24.7. The molecule has 3 aromatic rings. The van der Waals surface area contributed by atoms with Gasteiger partial charge in [0.2, 0.25) is 0 Å². The Hall–Kier alpha value is -2.92. The van der Waals surface area contributed by atoms with Gasteiger partial charge in [-0.25, -0.2) is 4.79 Å². The minimum Gasteiger partial charge on any atom is -0.478 e. The molecule has 0 bridgehead atoms. The van der Waals surface area contributed by atoms with Gasteiger partial charge in [0.25, 0.3) is 5.91 Å². The van der Waals surface area contributed by atoms with Crippen LogP contribution in [0.2, 0.25) is 0 Å². The normalized spacial score (nSPS) is 10.4. The maximum atomic E-state index is 12.3.